The highest BCUT2D eigenvalue weighted by Gasteiger charge is 2.47. The van der Waals surface area contributed by atoms with Gasteiger partial charge in [-0.3, -0.25) is 9.59 Å². The van der Waals surface area contributed by atoms with Crippen molar-refractivity contribution in [3.8, 4) is 0 Å². The molecule has 5 nitrogen and oxygen atoms in total. The Balaban J connectivity index is 0.00000210. The third-order valence-electron chi connectivity index (χ3n) is 6.05. The van der Waals surface area contributed by atoms with Crippen LogP contribution in [0.1, 0.15) is 36.0 Å². The molecule has 27 heavy (non-hydrogen) atoms. The third kappa shape index (κ3) is 3.93. The van der Waals surface area contributed by atoms with E-state index in [1.54, 1.807) is 0 Å². The number of rotatable bonds is 3. The van der Waals surface area contributed by atoms with Crippen LogP contribution in [-0.4, -0.2) is 48.4 Å². The summed E-state index contributed by atoms with van der Waals surface area (Å²) in [6, 6.07) is 4.25. The van der Waals surface area contributed by atoms with Crippen molar-refractivity contribution in [2.45, 2.75) is 37.8 Å². The van der Waals surface area contributed by atoms with Crippen molar-refractivity contribution in [1.82, 2.24) is 15.5 Å². The minimum atomic E-state index is -0.634. The Labute approximate surface area is 169 Å². The number of nitrogens with zero attached hydrogens (tertiary/aromatic N) is 1. The predicted molar refractivity (Wildman–Crippen MR) is 104 cm³/mol. The van der Waals surface area contributed by atoms with Gasteiger partial charge < -0.3 is 15.5 Å². The van der Waals surface area contributed by atoms with Gasteiger partial charge in [-0.1, -0.05) is 11.6 Å². The number of hydrogen-bond acceptors (Lipinski definition) is 3. The number of halogens is 3. The van der Waals surface area contributed by atoms with Crippen LogP contribution in [0.25, 0.3) is 0 Å². The second kappa shape index (κ2) is 8.33. The van der Waals surface area contributed by atoms with Gasteiger partial charge in [-0.25, -0.2) is 4.39 Å². The SMILES string of the molecule is Cl.O=C(NC[C@H]1[C@@H]2CNC[C@@H](C2)[C@@H]2CCCC(=O)N21)c1ccc(Cl)cc1F. The molecule has 148 valence electrons. The van der Waals surface area contributed by atoms with Crippen molar-refractivity contribution in [1.29, 1.82) is 0 Å². The second-order valence-corrected chi connectivity index (χ2v) is 8.01. The van der Waals surface area contributed by atoms with Crippen LogP contribution in [0, 0.1) is 17.7 Å². The molecule has 2 amide bonds. The standard InChI is InChI=1S/C19H23ClFN3O2.ClH/c20-13-4-5-14(15(21)7-13)19(26)23-10-17-12-6-11(8-22-9-12)16-2-1-3-18(25)24(16)17;/h4-5,7,11-12,16-17,22H,1-3,6,8-10H2,(H,23,26);1H/t11-,12+,16+,17+;/m1./s1. The summed E-state index contributed by atoms with van der Waals surface area (Å²) >= 11 is 5.75. The summed E-state index contributed by atoms with van der Waals surface area (Å²) in [5.74, 6) is -0.0908. The number of carbonyl (C=O) groups excluding carboxylic acids is 2. The van der Waals surface area contributed by atoms with Crippen molar-refractivity contribution in [2.75, 3.05) is 19.6 Å². The van der Waals surface area contributed by atoms with Gasteiger partial charge in [-0.2, -0.15) is 0 Å². The summed E-state index contributed by atoms with van der Waals surface area (Å²) < 4.78 is 14.0. The molecule has 3 aliphatic rings. The topological polar surface area (TPSA) is 61.4 Å². The Bertz CT molecular complexity index is 733. The van der Waals surface area contributed by atoms with Gasteiger partial charge in [0.1, 0.15) is 5.82 Å². The van der Waals surface area contributed by atoms with E-state index in [4.69, 9.17) is 11.6 Å². The zero-order valence-electron chi connectivity index (χ0n) is 14.9. The van der Waals surface area contributed by atoms with E-state index in [1.165, 1.54) is 12.1 Å². The van der Waals surface area contributed by atoms with Crippen molar-refractivity contribution >= 4 is 35.8 Å². The molecule has 0 aromatic heterocycles. The highest BCUT2D eigenvalue weighted by Crippen LogP contribution is 2.39. The van der Waals surface area contributed by atoms with Gasteiger partial charge in [0.05, 0.1) is 11.6 Å². The number of benzene rings is 1. The molecule has 8 heteroatoms. The molecule has 2 N–H and O–H groups in total. The van der Waals surface area contributed by atoms with Gasteiger partial charge in [0, 0.05) is 30.6 Å². The molecule has 3 aliphatic heterocycles. The Kier molecular flexibility index (Phi) is 6.28. The number of fused-ring (bicyclic) bond motifs is 4. The molecule has 3 fully saturated rings. The maximum absolute atomic E-state index is 14.0. The average Bonchev–Trinajstić information content (AvgIpc) is 2.62. The van der Waals surface area contributed by atoms with Crippen LogP contribution in [0.4, 0.5) is 4.39 Å². The van der Waals surface area contributed by atoms with Gasteiger partial charge in [0.25, 0.3) is 5.91 Å². The molecule has 0 spiro atoms. The van der Waals surface area contributed by atoms with Crippen molar-refractivity contribution < 1.29 is 14.0 Å². The lowest BCUT2D eigenvalue weighted by Crippen LogP contribution is -2.66. The number of amides is 2. The van der Waals surface area contributed by atoms with Crippen LogP contribution in [0.5, 0.6) is 0 Å². The predicted octanol–water partition coefficient (Wildman–Crippen LogP) is 2.62. The van der Waals surface area contributed by atoms with Crippen LogP contribution in [-0.2, 0) is 4.79 Å². The average molecular weight is 416 g/mol. The Morgan fingerprint density at radius 1 is 1.33 bits per heavy atom. The van der Waals surface area contributed by atoms with E-state index in [2.05, 4.69) is 10.6 Å². The normalized spacial score (nSPS) is 29.6. The van der Waals surface area contributed by atoms with Crippen molar-refractivity contribution in [3.63, 3.8) is 0 Å². The number of hydrogen-bond donors (Lipinski definition) is 2. The highest BCUT2D eigenvalue weighted by atomic mass is 35.5. The quantitative estimate of drug-likeness (QED) is 0.797. The lowest BCUT2D eigenvalue weighted by atomic mass is 9.72. The zero-order valence-corrected chi connectivity index (χ0v) is 16.5. The fraction of sp³-hybridized carbons (Fsp3) is 0.579. The fourth-order valence-electron chi connectivity index (χ4n) is 4.86. The largest absolute Gasteiger partial charge is 0.350 e. The summed E-state index contributed by atoms with van der Waals surface area (Å²) in [6.45, 7) is 2.16. The molecular formula is C19H24Cl2FN3O2. The fourth-order valence-corrected chi connectivity index (χ4v) is 5.02. The molecule has 1 aromatic rings. The van der Waals surface area contributed by atoms with E-state index >= 15 is 0 Å². The molecule has 0 radical (unpaired) electrons. The molecule has 0 unspecified atom stereocenters. The van der Waals surface area contributed by atoms with E-state index in [0.29, 0.717) is 24.8 Å². The van der Waals surface area contributed by atoms with Crippen molar-refractivity contribution in [3.05, 3.63) is 34.6 Å². The zero-order chi connectivity index (χ0) is 18.3. The molecule has 0 saturated carbocycles. The first kappa shape index (κ1) is 20.4. The number of piperidine rings is 3. The van der Waals surface area contributed by atoms with E-state index in [1.807, 2.05) is 4.90 Å². The van der Waals surface area contributed by atoms with E-state index < -0.39 is 11.7 Å². The van der Waals surface area contributed by atoms with E-state index in [0.717, 1.165) is 38.4 Å². The molecule has 4 atom stereocenters. The summed E-state index contributed by atoms with van der Waals surface area (Å²) in [4.78, 5) is 27.0. The smallest absolute Gasteiger partial charge is 0.254 e. The molecule has 1 aromatic carbocycles. The molecule has 3 heterocycles. The number of nitrogens with one attached hydrogen (secondary N) is 2. The molecule has 3 saturated heterocycles. The Hall–Kier alpha value is -1.37. The number of carbonyl (C=O) groups is 2. The molecule has 4 rings (SSSR count). The molecule has 2 bridgehead atoms. The van der Waals surface area contributed by atoms with Crippen molar-refractivity contribution in [2.24, 2.45) is 11.8 Å². The van der Waals surface area contributed by atoms with Crippen LogP contribution in [0.2, 0.25) is 5.02 Å². The maximum Gasteiger partial charge on any atom is 0.254 e. The van der Waals surface area contributed by atoms with Gasteiger partial charge in [-0.15, -0.1) is 12.4 Å². The lowest BCUT2D eigenvalue weighted by molar-refractivity contribution is -0.148. The monoisotopic (exact) mass is 415 g/mol. The van der Waals surface area contributed by atoms with Gasteiger partial charge in [0.2, 0.25) is 5.91 Å². The second-order valence-electron chi connectivity index (χ2n) is 7.58. The first-order valence-electron chi connectivity index (χ1n) is 9.29. The maximum atomic E-state index is 14.0. The molecular weight excluding hydrogens is 392 g/mol. The summed E-state index contributed by atoms with van der Waals surface area (Å²) in [6.07, 6.45) is 3.63. The highest BCUT2D eigenvalue weighted by molar-refractivity contribution is 6.30. The first-order valence-corrected chi connectivity index (χ1v) is 9.67. The minimum Gasteiger partial charge on any atom is -0.350 e. The summed E-state index contributed by atoms with van der Waals surface area (Å²) in [5.41, 5.74) is -0.0219. The lowest BCUT2D eigenvalue weighted by Gasteiger charge is -2.54. The van der Waals surface area contributed by atoms with Gasteiger partial charge in [0.15, 0.2) is 0 Å². The van der Waals surface area contributed by atoms with E-state index in [9.17, 15) is 14.0 Å². The summed E-state index contributed by atoms with van der Waals surface area (Å²) in [5, 5.41) is 6.57. The molecule has 0 aliphatic carbocycles. The van der Waals surface area contributed by atoms with Crippen LogP contribution in [0.15, 0.2) is 18.2 Å². The Morgan fingerprint density at radius 2 is 2.11 bits per heavy atom. The minimum absolute atomic E-state index is 0. The first-order chi connectivity index (χ1) is 12.5. The van der Waals surface area contributed by atoms with E-state index in [-0.39, 0.29) is 41.0 Å². The summed E-state index contributed by atoms with van der Waals surface area (Å²) in [7, 11) is 0. The Morgan fingerprint density at radius 3 is 2.89 bits per heavy atom. The third-order valence-corrected chi connectivity index (χ3v) is 6.28. The van der Waals surface area contributed by atoms with Gasteiger partial charge >= 0.3 is 0 Å². The van der Waals surface area contributed by atoms with Crippen LogP contribution >= 0.6 is 24.0 Å². The van der Waals surface area contributed by atoms with Crippen LogP contribution in [0.3, 0.4) is 0 Å². The van der Waals surface area contributed by atoms with Crippen LogP contribution < -0.4 is 10.6 Å². The van der Waals surface area contributed by atoms with Gasteiger partial charge in [-0.05, 0) is 55.8 Å².